The van der Waals surface area contributed by atoms with Crippen molar-refractivity contribution < 1.29 is 9.53 Å². The number of nitrogens with one attached hydrogen (secondary N) is 2. The highest BCUT2D eigenvalue weighted by Crippen LogP contribution is 2.22. The molecule has 0 saturated carbocycles. The molecule has 2 rings (SSSR count). The Bertz CT molecular complexity index is 610. The first-order valence-corrected chi connectivity index (χ1v) is 7.58. The Morgan fingerprint density at radius 2 is 2.17 bits per heavy atom. The maximum atomic E-state index is 12.1. The Balaban J connectivity index is 2.03. The molecule has 4 N–H and O–H groups in total. The van der Waals surface area contributed by atoms with Crippen LogP contribution in [-0.4, -0.2) is 51.4 Å². The number of carbonyl (C=O) groups is 1. The summed E-state index contributed by atoms with van der Waals surface area (Å²) in [6, 6.07) is 0.0370. The van der Waals surface area contributed by atoms with Crippen molar-refractivity contribution in [3.8, 4) is 0 Å². The van der Waals surface area contributed by atoms with Gasteiger partial charge in [-0.15, -0.1) is 0 Å². The zero-order valence-electron chi connectivity index (χ0n) is 14.0. The molecule has 0 radical (unpaired) electrons. The molecule has 1 aliphatic rings. The van der Waals surface area contributed by atoms with Crippen LogP contribution in [0.3, 0.4) is 0 Å². The molecule has 126 valence electrons. The van der Waals surface area contributed by atoms with Gasteiger partial charge in [0, 0.05) is 24.8 Å². The van der Waals surface area contributed by atoms with Gasteiger partial charge in [0.2, 0.25) is 0 Å². The van der Waals surface area contributed by atoms with Crippen molar-refractivity contribution in [2.75, 3.05) is 24.1 Å². The first-order valence-electron chi connectivity index (χ1n) is 7.58. The fraction of sp³-hybridized carbons (Fsp3) is 0.600. The first-order chi connectivity index (χ1) is 10.7. The summed E-state index contributed by atoms with van der Waals surface area (Å²) < 4.78 is 5.38. The number of hydrogen-bond acceptors (Lipinski definition) is 7. The number of anilines is 2. The summed E-state index contributed by atoms with van der Waals surface area (Å²) in [6.45, 7) is 8.32. The van der Waals surface area contributed by atoms with E-state index in [0.717, 1.165) is 6.42 Å². The van der Waals surface area contributed by atoms with E-state index >= 15 is 0 Å². The van der Waals surface area contributed by atoms with Gasteiger partial charge in [-0.1, -0.05) is 0 Å². The van der Waals surface area contributed by atoms with Crippen molar-refractivity contribution in [3.05, 3.63) is 11.9 Å². The van der Waals surface area contributed by atoms with Crippen LogP contribution in [0.15, 0.2) is 6.33 Å². The number of nitrogen functional groups attached to an aromatic ring is 1. The molecule has 1 fully saturated rings. The molecule has 1 atom stereocenters. The van der Waals surface area contributed by atoms with Gasteiger partial charge in [-0.05, 0) is 34.1 Å². The van der Waals surface area contributed by atoms with Gasteiger partial charge in [-0.2, -0.15) is 0 Å². The fourth-order valence-corrected chi connectivity index (χ4v) is 2.44. The van der Waals surface area contributed by atoms with Crippen LogP contribution >= 0.6 is 0 Å². The lowest BCUT2D eigenvalue weighted by Crippen LogP contribution is -2.36. The maximum Gasteiger partial charge on any atom is 0.410 e. The van der Waals surface area contributed by atoms with Crippen LogP contribution in [0.25, 0.3) is 0 Å². The summed E-state index contributed by atoms with van der Waals surface area (Å²) >= 11 is 0. The summed E-state index contributed by atoms with van der Waals surface area (Å²) in [5.41, 5.74) is 6.12. The summed E-state index contributed by atoms with van der Waals surface area (Å²) in [7, 11) is 0. The molecule has 0 aromatic carbocycles. The quantitative estimate of drug-likeness (QED) is 0.732. The molecule has 0 spiro atoms. The Morgan fingerprint density at radius 3 is 2.78 bits per heavy atom. The normalized spacial score (nSPS) is 17.9. The molecule has 0 bridgehead atoms. The lowest BCUT2D eigenvalue weighted by Gasteiger charge is -2.24. The highest BCUT2D eigenvalue weighted by atomic mass is 16.6. The zero-order valence-corrected chi connectivity index (χ0v) is 14.0. The van der Waals surface area contributed by atoms with E-state index in [-0.39, 0.29) is 18.0 Å². The third-order valence-corrected chi connectivity index (χ3v) is 3.43. The van der Waals surface area contributed by atoms with E-state index in [1.54, 1.807) is 11.8 Å². The van der Waals surface area contributed by atoms with E-state index in [4.69, 9.17) is 15.9 Å². The largest absolute Gasteiger partial charge is 0.444 e. The number of amides is 1. The van der Waals surface area contributed by atoms with Gasteiger partial charge in [-0.25, -0.2) is 14.8 Å². The highest BCUT2D eigenvalue weighted by Gasteiger charge is 2.30. The number of ether oxygens (including phenoxy) is 1. The number of aromatic nitrogens is 2. The van der Waals surface area contributed by atoms with Gasteiger partial charge in [0.1, 0.15) is 23.6 Å². The average molecular weight is 320 g/mol. The van der Waals surface area contributed by atoms with Crippen molar-refractivity contribution in [1.82, 2.24) is 14.9 Å². The van der Waals surface area contributed by atoms with Gasteiger partial charge in [-0.3, -0.25) is 0 Å². The molecular weight excluding hydrogens is 296 g/mol. The van der Waals surface area contributed by atoms with E-state index in [2.05, 4.69) is 15.3 Å². The number of nitrogens with zero attached hydrogens (tertiary/aromatic N) is 3. The molecule has 8 heteroatoms. The van der Waals surface area contributed by atoms with Crippen LogP contribution in [0, 0.1) is 5.41 Å². The minimum absolute atomic E-state index is 0.0370. The molecule has 1 amide bonds. The molecule has 1 unspecified atom stereocenters. The third kappa shape index (κ3) is 4.30. The smallest absolute Gasteiger partial charge is 0.410 e. The van der Waals surface area contributed by atoms with Crippen molar-refractivity contribution in [1.29, 1.82) is 5.41 Å². The SMILES string of the molecule is CC(=N)c1c(N)ncnc1NC1CCN(C(=O)OC(C)(C)C)C1. The van der Waals surface area contributed by atoms with Crippen molar-refractivity contribution in [3.63, 3.8) is 0 Å². The number of rotatable bonds is 3. The summed E-state index contributed by atoms with van der Waals surface area (Å²) in [5.74, 6) is 0.804. The topological polar surface area (TPSA) is 117 Å². The standard InChI is InChI=1S/C15H24N6O2/c1-9(16)11-12(17)18-8-19-13(11)20-10-5-6-21(7-10)14(22)23-15(2,3)4/h8,10,16H,5-7H2,1-4H3,(H3,17,18,19,20). The lowest BCUT2D eigenvalue weighted by atomic mass is 10.1. The second-order valence-corrected chi connectivity index (χ2v) is 6.66. The Labute approximate surface area is 135 Å². The average Bonchev–Trinajstić information content (AvgIpc) is 2.85. The number of carbonyl (C=O) groups excluding carboxylic acids is 1. The minimum Gasteiger partial charge on any atom is -0.444 e. The van der Waals surface area contributed by atoms with Gasteiger partial charge >= 0.3 is 6.09 Å². The van der Waals surface area contributed by atoms with E-state index in [1.165, 1.54) is 6.33 Å². The van der Waals surface area contributed by atoms with E-state index in [1.807, 2.05) is 20.8 Å². The first kappa shape index (κ1) is 17.0. The third-order valence-electron chi connectivity index (χ3n) is 3.43. The predicted molar refractivity (Wildman–Crippen MR) is 88.8 cm³/mol. The second-order valence-electron chi connectivity index (χ2n) is 6.66. The molecule has 1 aromatic rings. The van der Waals surface area contributed by atoms with Crippen molar-refractivity contribution in [2.45, 2.75) is 45.8 Å². The Hall–Kier alpha value is -2.38. The maximum absolute atomic E-state index is 12.1. The zero-order chi connectivity index (χ0) is 17.2. The molecule has 2 heterocycles. The second kappa shape index (κ2) is 6.39. The molecule has 1 aliphatic heterocycles. The molecule has 0 aliphatic carbocycles. The Kier molecular flexibility index (Phi) is 4.72. The minimum atomic E-state index is -0.506. The number of likely N-dealkylation sites (tertiary alicyclic amines) is 1. The van der Waals surface area contributed by atoms with Crippen LogP contribution in [0.1, 0.15) is 39.7 Å². The predicted octanol–water partition coefficient (Wildman–Crippen LogP) is 1.87. The van der Waals surface area contributed by atoms with Crippen molar-refractivity contribution in [2.24, 2.45) is 0 Å². The van der Waals surface area contributed by atoms with Crippen molar-refractivity contribution >= 4 is 23.4 Å². The Morgan fingerprint density at radius 1 is 1.48 bits per heavy atom. The van der Waals surface area contributed by atoms with Gasteiger partial charge in [0.15, 0.2) is 0 Å². The highest BCUT2D eigenvalue weighted by molar-refractivity contribution is 6.04. The van der Waals surface area contributed by atoms with Crippen LogP contribution in [-0.2, 0) is 4.74 Å². The van der Waals surface area contributed by atoms with E-state index < -0.39 is 5.60 Å². The van der Waals surface area contributed by atoms with Crippen LogP contribution in [0.4, 0.5) is 16.4 Å². The molecule has 1 saturated heterocycles. The molecule has 1 aromatic heterocycles. The van der Waals surface area contributed by atoms with Gasteiger partial charge in [0.25, 0.3) is 0 Å². The van der Waals surface area contributed by atoms with Crippen LogP contribution in [0.5, 0.6) is 0 Å². The van der Waals surface area contributed by atoms with E-state index in [0.29, 0.717) is 30.2 Å². The monoisotopic (exact) mass is 320 g/mol. The van der Waals surface area contributed by atoms with Gasteiger partial charge < -0.3 is 26.1 Å². The molecule has 23 heavy (non-hydrogen) atoms. The fourth-order valence-electron chi connectivity index (χ4n) is 2.44. The van der Waals surface area contributed by atoms with E-state index in [9.17, 15) is 4.79 Å². The summed E-state index contributed by atoms with van der Waals surface area (Å²) in [4.78, 5) is 21.9. The van der Waals surface area contributed by atoms with Gasteiger partial charge in [0.05, 0.1) is 5.56 Å². The van der Waals surface area contributed by atoms with Crippen LogP contribution < -0.4 is 11.1 Å². The molecular formula is C15H24N6O2. The number of hydrogen-bond donors (Lipinski definition) is 3. The summed E-state index contributed by atoms with van der Waals surface area (Å²) in [5, 5.41) is 11.1. The number of nitrogens with two attached hydrogens (primary N) is 1. The molecule has 8 nitrogen and oxygen atoms in total. The lowest BCUT2D eigenvalue weighted by molar-refractivity contribution is 0.0293. The summed E-state index contributed by atoms with van der Waals surface area (Å²) in [6.07, 6.45) is 1.83. The van der Waals surface area contributed by atoms with Crippen LogP contribution in [0.2, 0.25) is 0 Å².